The van der Waals surface area contributed by atoms with Gasteiger partial charge in [0.05, 0.1) is 18.8 Å². The van der Waals surface area contributed by atoms with Gasteiger partial charge in [-0.05, 0) is 31.2 Å². The Morgan fingerprint density at radius 3 is 2.63 bits per heavy atom. The molecule has 1 saturated heterocycles. The number of fused-ring (bicyclic) bond motifs is 1. The van der Waals surface area contributed by atoms with E-state index in [2.05, 4.69) is 10.2 Å². The number of ether oxygens (including phenoxy) is 1. The first-order valence-electron chi connectivity index (χ1n) is 9.24. The number of aliphatic carboxylic acids is 1. The Hall–Kier alpha value is -2.63. The van der Waals surface area contributed by atoms with Crippen molar-refractivity contribution in [2.45, 2.75) is 25.3 Å². The van der Waals surface area contributed by atoms with Crippen LogP contribution >= 0.6 is 0 Å². The van der Waals surface area contributed by atoms with Crippen molar-refractivity contribution in [3.8, 4) is 0 Å². The molecule has 0 bridgehead atoms. The number of nitrogens with one attached hydrogen (secondary N) is 1. The fourth-order valence-electron chi connectivity index (χ4n) is 2.96. The number of pyridine rings is 1. The number of aliphatic hydroxyl groups excluding tert-OH is 1. The number of alkyl halides is 3. The molecule has 0 saturated carbocycles. The normalized spacial score (nSPS) is 18.4. The molecule has 0 spiro atoms. The van der Waals surface area contributed by atoms with Gasteiger partial charge in [-0.25, -0.2) is 4.79 Å². The van der Waals surface area contributed by atoms with E-state index in [1.807, 2.05) is 41.8 Å². The lowest BCUT2D eigenvalue weighted by Gasteiger charge is -2.32. The van der Waals surface area contributed by atoms with Crippen molar-refractivity contribution < 1.29 is 37.7 Å². The Labute approximate surface area is 170 Å². The highest BCUT2D eigenvalue weighted by Crippen LogP contribution is 2.13. The largest absolute Gasteiger partial charge is 0.490 e. The first-order valence-corrected chi connectivity index (χ1v) is 9.24. The number of hydrogen-bond donors (Lipinski definition) is 3. The fraction of sp³-hybridized carbons (Fsp3) is 0.474. The number of carboxylic acids is 1. The molecule has 0 radical (unpaired) electrons. The molecular formula is C19H24F3N3O5. The van der Waals surface area contributed by atoms with Crippen LogP contribution in [0.25, 0.3) is 5.52 Å². The van der Waals surface area contributed by atoms with Crippen molar-refractivity contribution in [2.75, 3.05) is 32.8 Å². The Kier molecular flexibility index (Phi) is 8.21. The van der Waals surface area contributed by atoms with Gasteiger partial charge in [-0.2, -0.15) is 13.2 Å². The molecule has 0 aliphatic carbocycles. The predicted molar refractivity (Wildman–Crippen MR) is 101 cm³/mol. The summed E-state index contributed by atoms with van der Waals surface area (Å²) in [5, 5.41) is 20.1. The van der Waals surface area contributed by atoms with Crippen LogP contribution in [0.1, 0.15) is 17.4 Å². The highest BCUT2D eigenvalue weighted by molar-refractivity contribution is 5.94. The maximum Gasteiger partial charge on any atom is 0.490 e. The van der Waals surface area contributed by atoms with Crippen molar-refractivity contribution in [1.29, 1.82) is 0 Å². The number of hydrogen-bond acceptors (Lipinski definition) is 5. The molecule has 1 fully saturated rings. The molecule has 3 rings (SSSR count). The lowest BCUT2D eigenvalue weighted by atomic mass is 10.2. The van der Waals surface area contributed by atoms with Crippen LogP contribution in [0.4, 0.5) is 13.2 Å². The number of β-amino-alcohol motifs (C(OH)–C–C–N with tert-alkyl or cyclic N) is 1. The molecule has 8 nitrogen and oxygen atoms in total. The summed E-state index contributed by atoms with van der Waals surface area (Å²) in [6, 6.07) is 9.47. The van der Waals surface area contributed by atoms with Gasteiger partial charge < -0.3 is 24.7 Å². The molecule has 2 unspecified atom stereocenters. The fourth-order valence-corrected chi connectivity index (χ4v) is 2.96. The molecule has 11 heteroatoms. The van der Waals surface area contributed by atoms with Crippen LogP contribution in [-0.2, 0) is 9.53 Å². The van der Waals surface area contributed by atoms with Crippen molar-refractivity contribution in [1.82, 2.24) is 14.6 Å². The number of carboxylic acid groups (broad SMARTS) is 1. The van der Waals surface area contributed by atoms with E-state index in [0.29, 0.717) is 18.8 Å². The van der Waals surface area contributed by atoms with Gasteiger partial charge in [0.15, 0.2) is 0 Å². The standard InChI is InChI=1S/C17H23N3O3.C2HF3O2/c1-13-11-19(8-9-23-13)12-15(21)10-18-17(22)16-6-5-14-4-2-3-7-20(14)16;3-2(4,5)1(6)7/h2-7,13,15,21H,8-12H2,1H3,(H,18,22);(H,6,7). The van der Waals surface area contributed by atoms with E-state index in [1.54, 1.807) is 6.07 Å². The number of aromatic nitrogens is 1. The summed E-state index contributed by atoms with van der Waals surface area (Å²) in [6.07, 6.45) is -3.62. The lowest BCUT2D eigenvalue weighted by molar-refractivity contribution is -0.192. The molecule has 2 aromatic heterocycles. The lowest BCUT2D eigenvalue weighted by Crippen LogP contribution is -2.47. The third-order valence-electron chi connectivity index (χ3n) is 4.33. The summed E-state index contributed by atoms with van der Waals surface area (Å²) in [6.45, 7) is 5.13. The Morgan fingerprint density at radius 1 is 1.30 bits per heavy atom. The second-order valence-corrected chi connectivity index (χ2v) is 6.82. The van der Waals surface area contributed by atoms with Crippen LogP contribution in [-0.4, -0.2) is 82.6 Å². The van der Waals surface area contributed by atoms with E-state index in [1.165, 1.54) is 0 Å². The van der Waals surface area contributed by atoms with Crippen molar-refractivity contribution in [3.05, 3.63) is 42.2 Å². The smallest absolute Gasteiger partial charge is 0.475 e. The summed E-state index contributed by atoms with van der Waals surface area (Å²) < 4.78 is 39.1. The molecule has 2 aromatic rings. The van der Waals surface area contributed by atoms with Gasteiger partial charge in [0.1, 0.15) is 5.69 Å². The van der Waals surface area contributed by atoms with Crippen LogP contribution in [0.15, 0.2) is 36.5 Å². The number of morpholine rings is 1. The van der Waals surface area contributed by atoms with Gasteiger partial charge in [0, 0.05) is 37.9 Å². The predicted octanol–water partition coefficient (Wildman–Crippen LogP) is 1.38. The molecule has 1 amide bonds. The van der Waals surface area contributed by atoms with E-state index in [4.69, 9.17) is 14.6 Å². The van der Waals surface area contributed by atoms with Gasteiger partial charge >= 0.3 is 12.1 Å². The first kappa shape index (κ1) is 23.6. The van der Waals surface area contributed by atoms with Crippen LogP contribution in [0.2, 0.25) is 0 Å². The maximum atomic E-state index is 12.3. The van der Waals surface area contributed by atoms with E-state index < -0.39 is 18.2 Å². The third kappa shape index (κ3) is 7.01. The maximum absolute atomic E-state index is 12.3. The van der Waals surface area contributed by atoms with Gasteiger partial charge in [-0.1, -0.05) is 6.07 Å². The average Bonchev–Trinajstić information content (AvgIpc) is 3.10. The van der Waals surface area contributed by atoms with Crippen molar-refractivity contribution in [3.63, 3.8) is 0 Å². The van der Waals surface area contributed by atoms with E-state index in [0.717, 1.165) is 18.6 Å². The molecular weight excluding hydrogens is 407 g/mol. The number of rotatable bonds is 5. The molecule has 1 aliphatic rings. The van der Waals surface area contributed by atoms with E-state index in [9.17, 15) is 23.1 Å². The summed E-state index contributed by atoms with van der Waals surface area (Å²) >= 11 is 0. The number of nitrogens with zero attached hydrogens (tertiary/aromatic N) is 2. The number of aliphatic hydroxyl groups is 1. The minimum Gasteiger partial charge on any atom is -0.475 e. The molecule has 166 valence electrons. The van der Waals surface area contributed by atoms with Gasteiger partial charge in [-0.15, -0.1) is 0 Å². The third-order valence-corrected chi connectivity index (χ3v) is 4.33. The Morgan fingerprint density at radius 2 is 2.00 bits per heavy atom. The van der Waals surface area contributed by atoms with E-state index in [-0.39, 0.29) is 18.6 Å². The molecule has 2 atom stereocenters. The molecule has 3 N–H and O–H groups in total. The molecule has 3 heterocycles. The van der Waals surface area contributed by atoms with Crippen LogP contribution in [0.5, 0.6) is 0 Å². The summed E-state index contributed by atoms with van der Waals surface area (Å²) in [5.74, 6) is -2.93. The zero-order valence-electron chi connectivity index (χ0n) is 16.3. The average molecular weight is 431 g/mol. The van der Waals surface area contributed by atoms with Crippen LogP contribution in [0.3, 0.4) is 0 Å². The molecule has 30 heavy (non-hydrogen) atoms. The zero-order chi connectivity index (χ0) is 22.3. The molecule has 1 aliphatic heterocycles. The highest BCUT2D eigenvalue weighted by atomic mass is 19.4. The second-order valence-electron chi connectivity index (χ2n) is 6.82. The van der Waals surface area contributed by atoms with Crippen molar-refractivity contribution in [2.24, 2.45) is 0 Å². The van der Waals surface area contributed by atoms with Crippen LogP contribution in [0, 0.1) is 0 Å². The van der Waals surface area contributed by atoms with Crippen LogP contribution < -0.4 is 5.32 Å². The van der Waals surface area contributed by atoms with E-state index >= 15 is 0 Å². The Bertz CT molecular complexity index is 855. The number of carbonyl (C=O) groups is 2. The SMILES string of the molecule is CC1CN(CC(O)CNC(=O)c2ccc3ccccn23)CCO1.O=C(O)C(F)(F)F. The minimum atomic E-state index is -5.08. The van der Waals surface area contributed by atoms with Gasteiger partial charge in [0.2, 0.25) is 0 Å². The van der Waals surface area contributed by atoms with Gasteiger partial charge in [-0.3, -0.25) is 9.69 Å². The zero-order valence-corrected chi connectivity index (χ0v) is 16.3. The van der Waals surface area contributed by atoms with Gasteiger partial charge in [0.25, 0.3) is 5.91 Å². The monoisotopic (exact) mass is 431 g/mol. The molecule has 0 aromatic carbocycles. The number of halogens is 3. The second kappa shape index (κ2) is 10.4. The highest BCUT2D eigenvalue weighted by Gasteiger charge is 2.38. The number of amides is 1. The quantitative estimate of drug-likeness (QED) is 0.661. The minimum absolute atomic E-state index is 0.175. The first-order chi connectivity index (χ1) is 14.1. The van der Waals surface area contributed by atoms with Crippen molar-refractivity contribution >= 4 is 17.4 Å². The Balaban J connectivity index is 0.000000396. The summed E-state index contributed by atoms with van der Waals surface area (Å²) in [7, 11) is 0. The summed E-state index contributed by atoms with van der Waals surface area (Å²) in [4.78, 5) is 23.4. The number of carbonyl (C=O) groups excluding carboxylic acids is 1. The topological polar surface area (TPSA) is 104 Å². The summed E-state index contributed by atoms with van der Waals surface area (Å²) in [5.41, 5.74) is 1.55.